The van der Waals surface area contributed by atoms with E-state index in [1.54, 1.807) is 0 Å². The number of nitrogens with one attached hydrogen (secondary N) is 1. The summed E-state index contributed by atoms with van der Waals surface area (Å²) in [7, 11) is 0. The third kappa shape index (κ3) is 0.639. The van der Waals surface area contributed by atoms with Gasteiger partial charge in [0.25, 0.3) is 0 Å². The highest BCUT2D eigenvalue weighted by Gasteiger charge is 2.06. The SMILES string of the molecule is c1cc2cc3[nH]ccc3oc-2c1. The van der Waals surface area contributed by atoms with E-state index >= 15 is 0 Å². The molecule has 3 rings (SSSR count). The van der Waals surface area contributed by atoms with Crippen LogP contribution in [0.2, 0.25) is 0 Å². The van der Waals surface area contributed by atoms with Gasteiger partial charge in [0, 0.05) is 11.8 Å². The molecule has 1 aromatic heterocycles. The lowest BCUT2D eigenvalue weighted by molar-refractivity contribution is 0.622. The average Bonchev–Trinajstić information content (AvgIpc) is 2.64. The summed E-state index contributed by atoms with van der Waals surface area (Å²) in [5.74, 6) is 0.946. The Kier molecular flexibility index (Phi) is 0.939. The van der Waals surface area contributed by atoms with E-state index in [0.29, 0.717) is 0 Å². The van der Waals surface area contributed by atoms with Crippen molar-refractivity contribution in [2.45, 2.75) is 0 Å². The minimum atomic E-state index is 0.911. The predicted molar refractivity (Wildman–Crippen MR) is 47.2 cm³/mol. The van der Waals surface area contributed by atoms with Crippen LogP contribution in [0.5, 0.6) is 0 Å². The predicted octanol–water partition coefficient (Wildman–Crippen LogP) is 2.87. The Morgan fingerprint density at radius 3 is 3.17 bits per heavy atom. The Morgan fingerprint density at radius 1 is 1.17 bits per heavy atom. The lowest BCUT2D eigenvalue weighted by atomic mass is 10.2. The van der Waals surface area contributed by atoms with E-state index in [4.69, 9.17) is 4.42 Å². The Balaban J connectivity index is 2.56. The zero-order valence-corrected chi connectivity index (χ0v) is 6.37. The van der Waals surface area contributed by atoms with Gasteiger partial charge in [-0.25, -0.2) is 0 Å². The van der Waals surface area contributed by atoms with Gasteiger partial charge in [0.2, 0.25) is 0 Å². The van der Waals surface area contributed by atoms with Crippen LogP contribution >= 0.6 is 0 Å². The molecule has 58 valence electrons. The maximum absolute atomic E-state index is 5.59. The van der Waals surface area contributed by atoms with Gasteiger partial charge in [-0.05, 0) is 18.2 Å². The molecule has 0 saturated carbocycles. The molecule has 2 aliphatic rings. The largest absolute Gasteiger partial charge is 0.454 e. The van der Waals surface area contributed by atoms with Gasteiger partial charge in [-0.3, -0.25) is 0 Å². The number of H-pyrrole nitrogens is 1. The molecule has 1 aliphatic carbocycles. The molecule has 0 unspecified atom stereocenters. The van der Waals surface area contributed by atoms with Gasteiger partial charge in [0.15, 0.2) is 5.58 Å². The summed E-state index contributed by atoms with van der Waals surface area (Å²) in [5.41, 5.74) is 3.10. The van der Waals surface area contributed by atoms with Crippen LogP contribution in [0, 0.1) is 0 Å². The second-order valence-corrected chi connectivity index (χ2v) is 2.85. The van der Waals surface area contributed by atoms with Crippen molar-refractivity contribution in [2.75, 3.05) is 0 Å². The fourth-order valence-corrected chi connectivity index (χ4v) is 1.47. The van der Waals surface area contributed by atoms with Crippen LogP contribution in [0.25, 0.3) is 22.4 Å². The minimum absolute atomic E-state index is 0.911. The van der Waals surface area contributed by atoms with Crippen molar-refractivity contribution in [3.63, 3.8) is 0 Å². The highest BCUT2D eigenvalue weighted by molar-refractivity contribution is 5.80. The van der Waals surface area contributed by atoms with Crippen LogP contribution in [0.1, 0.15) is 0 Å². The van der Waals surface area contributed by atoms with E-state index in [0.717, 1.165) is 22.4 Å². The third-order valence-corrected chi connectivity index (χ3v) is 2.07. The van der Waals surface area contributed by atoms with Crippen molar-refractivity contribution in [3.8, 4) is 11.3 Å². The number of hydrogen-bond acceptors (Lipinski definition) is 1. The van der Waals surface area contributed by atoms with E-state index < -0.39 is 0 Å². The maximum atomic E-state index is 5.59. The van der Waals surface area contributed by atoms with Crippen molar-refractivity contribution in [2.24, 2.45) is 0 Å². The van der Waals surface area contributed by atoms with E-state index in [1.165, 1.54) is 0 Å². The van der Waals surface area contributed by atoms with Gasteiger partial charge in [-0.1, -0.05) is 12.1 Å². The summed E-state index contributed by atoms with van der Waals surface area (Å²) < 4.78 is 5.59. The first-order valence-corrected chi connectivity index (χ1v) is 3.89. The van der Waals surface area contributed by atoms with E-state index in [-0.39, 0.29) is 0 Å². The van der Waals surface area contributed by atoms with Gasteiger partial charge in [-0.15, -0.1) is 0 Å². The van der Waals surface area contributed by atoms with Crippen LogP contribution in [0.15, 0.2) is 40.9 Å². The molecule has 0 fully saturated rings. The van der Waals surface area contributed by atoms with Crippen molar-refractivity contribution < 1.29 is 4.42 Å². The number of aromatic nitrogens is 1. The monoisotopic (exact) mass is 157 g/mol. The van der Waals surface area contributed by atoms with E-state index in [1.807, 2.05) is 30.5 Å². The Morgan fingerprint density at radius 2 is 2.17 bits per heavy atom. The molecular formula is C10H7NO. The molecule has 0 atom stereocenters. The van der Waals surface area contributed by atoms with Gasteiger partial charge in [0.1, 0.15) is 5.76 Å². The summed E-state index contributed by atoms with van der Waals surface area (Å²) in [6, 6.07) is 10.0. The molecule has 0 aromatic carbocycles. The number of fused-ring (bicyclic) bond motifs is 2. The van der Waals surface area contributed by atoms with Crippen molar-refractivity contribution in [1.82, 2.24) is 4.98 Å². The second-order valence-electron chi connectivity index (χ2n) is 2.85. The number of rotatable bonds is 0. The smallest absolute Gasteiger partial charge is 0.152 e. The standard InChI is InChI=1S/C10H7NO/c1-2-7-6-8-10(4-5-11-8)12-9(7)3-1/h1-6,11H. The Labute approximate surface area is 69.2 Å². The van der Waals surface area contributed by atoms with Crippen LogP contribution < -0.4 is 0 Å². The molecular weight excluding hydrogens is 150 g/mol. The Hall–Kier alpha value is -1.70. The summed E-state index contributed by atoms with van der Waals surface area (Å²) in [6.07, 6.45) is 1.88. The van der Waals surface area contributed by atoms with Gasteiger partial charge < -0.3 is 9.40 Å². The van der Waals surface area contributed by atoms with E-state index in [2.05, 4.69) is 11.1 Å². The molecule has 2 heterocycles. The lowest BCUT2D eigenvalue weighted by Crippen LogP contribution is -1.73. The highest BCUT2D eigenvalue weighted by Crippen LogP contribution is 2.27. The van der Waals surface area contributed by atoms with Crippen molar-refractivity contribution in [3.05, 3.63) is 36.5 Å². The summed E-state index contributed by atoms with van der Waals surface area (Å²) in [5, 5.41) is 0. The molecule has 1 N–H and O–H groups in total. The van der Waals surface area contributed by atoms with Crippen LogP contribution in [0.4, 0.5) is 0 Å². The number of aromatic amines is 1. The molecule has 12 heavy (non-hydrogen) atoms. The highest BCUT2D eigenvalue weighted by atomic mass is 16.3. The molecule has 1 aromatic rings. The average molecular weight is 157 g/mol. The minimum Gasteiger partial charge on any atom is -0.454 e. The van der Waals surface area contributed by atoms with E-state index in [9.17, 15) is 0 Å². The summed E-state index contributed by atoms with van der Waals surface area (Å²) >= 11 is 0. The van der Waals surface area contributed by atoms with Crippen LogP contribution in [-0.2, 0) is 0 Å². The topological polar surface area (TPSA) is 28.9 Å². The molecule has 0 saturated heterocycles. The maximum Gasteiger partial charge on any atom is 0.152 e. The summed E-state index contributed by atoms with van der Waals surface area (Å²) in [4.78, 5) is 3.11. The molecule has 0 spiro atoms. The quantitative estimate of drug-likeness (QED) is 0.534. The van der Waals surface area contributed by atoms with Crippen LogP contribution in [-0.4, -0.2) is 4.98 Å². The second kappa shape index (κ2) is 1.91. The number of hydrogen-bond donors (Lipinski definition) is 1. The zero-order valence-electron chi connectivity index (χ0n) is 6.37. The molecule has 0 bridgehead atoms. The van der Waals surface area contributed by atoms with Crippen LogP contribution in [0.3, 0.4) is 0 Å². The van der Waals surface area contributed by atoms with Gasteiger partial charge in [0.05, 0.1) is 5.52 Å². The summed E-state index contributed by atoms with van der Waals surface area (Å²) in [6.45, 7) is 0. The first kappa shape index (κ1) is 5.89. The first-order valence-electron chi connectivity index (χ1n) is 3.89. The molecule has 2 nitrogen and oxygen atoms in total. The fourth-order valence-electron chi connectivity index (χ4n) is 1.47. The molecule has 2 heteroatoms. The van der Waals surface area contributed by atoms with Crippen molar-refractivity contribution in [1.29, 1.82) is 0 Å². The molecule has 0 radical (unpaired) electrons. The zero-order chi connectivity index (χ0) is 7.97. The fraction of sp³-hybridized carbons (Fsp3) is 0. The third-order valence-electron chi connectivity index (χ3n) is 2.07. The van der Waals surface area contributed by atoms with Gasteiger partial charge >= 0.3 is 0 Å². The normalized spacial score (nSPS) is 11.3. The van der Waals surface area contributed by atoms with Crippen molar-refractivity contribution >= 4 is 11.1 Å². The Bertz CT molecular complexity index is 449. The lowest BCUT2D eigenvalue weighted by Gasteiger charge is -1.97. The molecule has 1 aliphatic heterocycles. The molecule has 0 amide bonds. The first-order chi connectivity index (χ1) is 5.93. The van der Waals surface area contributed by atoms with Gasteiger partial charge in [-0.2, -0.15) is 0 Å².